The first-order chi connectivity index (χ1) is 19.5. The van der Waals surface area contributed by atoms with E-state index in [2.05, 4.69) is 56.4 Å². The van der Waals surface area contributed by atoms with Crippen LogP contribution >= 0.6 is 21.0 Å². The smallest absolute Gasteiger partial charge is 0.291 e. The van der Waals surface area contributed by atoms with Crippen molar-refractivity contribution in [1.29, 1.82) is 0 Å². The first-order valence-corrected chi connectivity index (χ1v) is 15.0. The van der Waals surface area contributed by atoms with Crippen LogP contribution in [0.4, 0.5) is 5.82 Å². The lowest BCUT2D eigenvalue weighted by molar-refractivity contribution is 0.0661. The number of likely N-dealkylation sites (tertiary alicyclic amines) is 1. The Bertz CT molecular complexity index is 1600. The van der Waals surface area contributed by atoms with Crippen molar-refractivity contribution >= 4 is 38.6 Å². The number of carbonyl (C=O) groups excluding carboxylic acids is 1. The molecule has 12 heteroatoms. The van der Waals surface area contributed by atoms with Gasteiger partial charge in [0.1, 0.15) is 12.1 Å². The van der Waals surface area contributed by atoms with Gasteiger partial charge in [-0.15, -0.1) is 0 Å². The number of carbonyl (C=O) groups is 1. The van der Waals surface area contributed by atoms with Gasteiger partial charge in [-0.25, -0.2) is 8.13 Å². The van der Waals surface area contributed by atoms with Crippen molar-refractivity contribution in [3.8, 4) is 22.4 Å². The molecular formula is C28H29IN10O. The van der Waals surface area contributed by atoms with Crippen molar-refractivity contribution in [3.63, 3.8) is 0 Å². The SMILES string of the molecule is C/C(=C/N(C)C1CCN(C(=O)c2ncn[nH]2)CC1)C1=C(N)n2ncc(-c3ccc(-c4ccccc4)nc3)c2N=I1. The summed E-state index contributed by atoms with van der Waals surface area (Å²) in [6.45, 7) is 3.43. The molecule has 0 atom stereocenters. The topological polar surface area (TPSA) is 134 Å². The van der Waals surface area contributed by atoms with E-state index >= 15 is 0 Å². The number of piperidine rings is 1. The van der Waals surface area contributed by atoms with Crippen molar-refractivity contribution in [2.45, 2.75) is 25.8 Å². The van der Waals surface area contributed by atoms with Gasteiger partial charge in [0.25, 0.3) is 5.91 Å². The fourth-order valence-corrected chi connectivity index (χ4v) is 6.95. The maximum atomic E-state index is 12.6. The molecule has 6 rings (SSSR count). The molecule has 0 radical (unpaired) electrons. The number of pyridine rings is 1. The number of halogens is 1. The summed E-state index contributed by atoms with van der Waals surface area (Å²) in [6, 6.07) is 14.5. The van der Waals surface area contributed by atoms with E-state index in [1.165, 1.54) is 6.33 Å². The monoisotopic (exact) mass is 648 g/mol. The molecule has 1 saturated heterocycles. The van der Waals surface area contributed by atoms with E-state index in [0.717, 1.165) is 50.2 Å². The molecule has 1 amide bonds. The van der Waals surface area contributed by atoms with Gasteiger partial charge in [-0.05, 0) is 31.4 Å². The van der Waals surface area contributed by atoms with Gasteiger partial charge >= 0.3 is 0 Å². The third kappa shape index (κ3) is 5.06. The van der Waals surface area contributed by atoms with Gasteiger partial charge in [0.05, 0.1) is 15.5 Å². The number of hydrogen-bond donors (Lipinski definition) is 2. The van der Waals surface area contributed by atoms with Gasteiger partial charge in [-0.3, -0.25) is 14.9 Å². The van der Waals surface area contributed by atoms with Gasteiger partial charge in [0.15, 0.2) is 5.82 Å². The van der Waals surface area contributed by atoms with Crippen LogP contribution in [0, 0.1) is 0 Å². The number of fused-ring (bicyclic) bond motifs is 1. The first kappa shape index (κ1) is 26.0. The minimum atomic E-state index is -0.700. The summed E-state index contributed by atoms with van der Waals surface area (Å²) in [5.41, 5.74) is 11.6. The molecule has 2 aliphatic rings. The highest BCUT2D eigenvalue weighted by Crippen LogP contribution is 2.42. The molecule has 0 unspecified atom stereocenters. The molecule has 1 fully saturated rings. The van der Waals surface area contributed by atoms with Gasteiger partial charge in [-0.1, -0.05) is 36.4 Å². The van der Waals surface area contributed by atoms with Crippen LogP contribution in [0.2, 0.25) is 0 Å². The Morgan fingerprint density at radius 3 is 2.60 bits per heavy atom. The molecule has 3 aromatic heterocycles. The maximum absolute atomic E-state index is 12.6. The number of H-pyrrole nitrogens is 1. The number of aromatic amines is 1. The largest absolute Gasteiger partial charge is 0.383 e. The highest BCUT2D eigenvalue weighted by molar-refractivity contribution is 14.2. The minimum absolute atomic E-state index is 0.103. The Kier molecular flexibility index (Phi) is 7.24. The van der Waals surface area contributed by atoms with Crippen molar-refractivity contribution < 1.29 is 4.79 Å². The second-order valence-electron chi connectivity index (χ2n) is 9.80. The Labute approximate surface area is 242 Å². The van der Waals surface area contributed by atoms with Gasteiger partial charge in [-0.2, -0.15) is 14.9 Å². The quantitative estimate of drug-likeness (QED) is 0.288. The minimum Gasteiger partial charge on any atom is -0.383 e. The number of benzene rings is 1. The van der Waals surface area contributed by atoms with E-state index in [1.807, 2.05) is 53.7 Å². The average molecular weight is 649 g/mol. The predicted molar refractivity (Wildman–Crippen MR) is 161 cm³/mol. The summed E-state index contributed by atoms with van der Waals surface area (Å²) in [5, 5.41) is 11.0. The van der Waals surface area contributed by atoms with E-state index in [4.69, 9.17) is 8.88 Å². The normalized spacial score (nSPS) is 16.1. The molecule has 3 N–H and O–H groups in total. The van der Waals surface area contributed by atoms with Crippen LogP contribution in [0.15, 0.2) is 79.7 Å². The van der Waals surface area contributed by atoms with Gasteiger partial charge < -0.3 is 15.5 Å². The molecule has 0 spiro atoms. The molecule has 204 valence electrons. The third-order valence-electron chi connectivity index (χ3n) is 7.24. The highest BCUT2D eigenvalue weighted by Gasteiger charge is 2.27. The molecule has 1 aromatic carbocycles. The summed E-state index contributed by atoms with van der Waals surface area (Å²) >= 11 is -0.700. The fraction of sp³-hybridized carbons (Fsp3) is 0.250. The Morgan fingerprint density at radius 1 is 1.10 bits per heavy atom. The number of amides is 1. The second-order valence-corrected chi connectivity index (χ2v) is 11.8. The van der Waals surface area contributed by atoms with Crippen molar-refractivity contribution in [2.75, 3.05) is 20.1 Å². The average Bonchev–Trinajstić information content (AvgIpc) is 3.69. The molecule has 0 saturated carbocycles. The second kappa shape index (κ2) is 11.1. The predicted octanol–water partition coefficient (Wildman–Crippen LogP) is 4.75. The molecule has 4 aromatic rings. The molecule has 11 nitrogen and oxygen atoms in total. The van der Waals surface area contributed by atoms with E-state index in [0.29, 0.717) is 25.0 Å². The number of rotatable bonds is 6. The van der Waals surface area contributed by atoms with E-state index < -0.39 is 21.0 Å². The zero-order chi connectivity index (χ0) is 27.6. The zero-order valence-corrected chi connectivity index (χ0v) is 24.4. The van der Waals surface area contributed by atoms with Crippen LogP contribution in [0.3, 0.4) is 0 Å². The third-order valence-corrected chi connectivity index (χ3v) is 9.82. The van der Waals surface area contributed by atoms with Crippen LogP contribution < -0.4 is 5.73 Å². The number of hydrogen-bond acceptors (Lipinski definition) is 8. The standard InChI is InChI=1S/C28H29IN10O/c1-18(16-37(2)21-10-12-38(13-11-21)28(40)26-32-17-33-36-26)24-25(30)39-27(35-29-24)22(15-34-39)20-8-9-23(31-14-20)19-6-4-3-5-7-19/h3-9,14-17,21H,10-13,30H2,1-2H3,(H,32,33,36)/b18-16-. The van der Waals surface area contributed by atoms with Crippen LogP contribution in [-0.2, 0) is 0 Å². The summed E-state index contributed by atoms with van der Waals surface area (Å²) in [6.07, 6.45) is 8.94. The number of nitrogens with two attached hydrogens (primary N) is 1. The number of nitrogens with zero attached hydrogens (tertiary/aromatic N) is 8. The van der Waals surface area contributed by atoms with Crippen molar-refractivity contribution in [2.24, 2.45) is 8.88 Å². The molecule has 0 aliphatic carbocycles. The fourth-order valence-electron chi connectivity index (χ4n) is 5.03. The van der Waals surface area contributed by atoms with E-state index in [1.54, 1.807) is 4.68 Å². The van der Waals surface area contributed by atoms with Crippen molar-refractivity contribution in [1.82, 2.24) is 39.7 Å². The Hall–Kier alpha value is -4.20. The molecular weight excluding hydrogens is 619 g/mol. The highest BCUT2D eigenvalue weighted by atomic mass is 127. The molecule has 2 aliphatic heterocycles. The van der Waals surface area contributed by atoms with Gasteiger partial charge in [0.2, 0.25) is 5.82 Å². The lowest BCUT2D eigenvalue weighted by Crippen LogP contribution is -2.44. The molecule has 0 bridgehead atoms. The molecule has 40 heavy (non-hydrogen) atoms. The number of allylic oxidation sites excluding steroid dienone is 2. The van der Waals surface area contributed by atoms with Crippen LogP contribution in [0.1, 0.15) is 30.4 Å². The zero-order valence-electron chi connectivity index (χ0n) is 22.2. The summed E-state index contributed by atoms with van der Waals surface area (Å²) < 4.78 is 7.76. The summed E-state index contributed by atoms with van der Waals surface area (Å²) in [4.78, 5) is 25.3. The van der Waals surface area contributed by atoms with Crippen LogP contribution in [0.5, 0.6) is 0 Å². The van der Waals surface area contributed by atoms with Crippen molar-refractivity contribution in [3.05, 3.63) is 82.4 Å². The summed E-state index contributed by atoms with van der Waals surface area (Å²) in [5.74, 6) is 1.60. The maximum Gasteiger partial charge on any atom is 0.291 e. The van der Waals surface area contributed by atoms with E-state index in [-0.39, 0.29) is 11.7 Å². The van der Waals surface area contributed by atoms with Gasteiger partial charge in [0, 0.05) is 76.3 Å². The van der Waals surface area contributed by atoms with Crippen LogP contribution in [-0.4, -0.2) is 71.8 Å². The lowest BCUT2D eigenvalue weighted by Gasteiger charge is -2.36. The number of aromatic nitrogens is 6. The Balaban J connectivity index is 1.15. The molecule has 5 heterocycles. The first-order valence-electron chi connectivity index (χ1n) is 13.0. The Morgan fingerprint density at radius 2 is 1.90 bits per heavy atom. The van der Waals surface area contributed by atoms with E-state index in [9.17, 15) is 4.79 Å². The lowest BCUT2D eigenvalue weighted by atomic mass is 10.0. The summed E-state index contributed by atoms with van der Waals surface area (Å²) in [7, 11) is 2.08. The number of nitrogens with one attached hydrogen (secondary N) is 1. The van der Waals surface area contributed by atoms with Crippen LogP contribution in [0.25, 0.3) is 28.2 Å².